The zero-order valence-corrected chi connectivity index (χ0v) is 11.2. The van der Waals surface area contributed by atoms with Crippen LogP contribution in [0.3, 0.4) is 0 Å². The van der Waals surface area contributed by atoms with Gasteiger partial charge in [-0.2, -0.15) is 0 Å². The molecule has 0 heterocycles. The fourth-order valence-corrected chi connectivity index (χ4v) is 1.85. The lowest BCUT2D eigenvalue weighted by Gasteiger charge is -2.08. The summed E-state index contributed by atoms with van der Waals surface area (Å²) in [5, 5.41) is 9.73. The van der Waals surface area contributed by atoms with Gasteiger partial charge in [-0.25, -0.2) is 0 Å². The summed E-state index contributed by atoms with van der Waals surface area (Å²) in [5.41, 5.74) is 0.971. The van der Waals surface area contributed by atoms with E-state index in [2.05, 4.69) is 15.9 Å². The molecule has 2 aromatic rings. The van der Waals surface area contributed by atoms with Crippen LogP contribution in [0.25, 0.3) is 0 Å². The van der Waals surface area contributed by atoms with Gasteiger partial charge >= 0.3 is 0 Å². The Bertz CT molecular complexity index is 511. The molecule has 1 N–H and O–H groups in total. The quantitative estimate of drug-likeness (QED) is 0.911. The Labute approximate surface area is 113 Å². The van der Waals surface area contributed by atoms with Crippen LogP contribution in [0.15, 0.2) is 46.9 Å². The van der Waals surface area contributed by atoms with E-state index in [1.54, 1.807) is 30.3 Å². The third kappa shape index (κ3) is 3.38. The van der Waals surface area contributed by atoms with Gasteiger partial charge in [0.25, 0.3) is 0 Å². The Morgan fingerprint density at radius 2 is 1.82 bits per heavy atom. The highest BCUT2D eigenvalue weighted by molar-refractivity contribution is 9.10. The number of hydrogen-bond acceptors (Lipinski definition) is 2. The summed E-state index contributed by atoms with van der Waals surface area (Å²) in [4.78, 5) is 0. The Morgan fingerprint density at radius 1 is 1.12 bits per heavy atom. The molecule has 0 aliphatic rings. The van der Waals surface area contributed by atoms with Crippen LogP contribution in [-0.2, 0) is 6.61 Å². The molecule has 0 aliphatic carbocycles. The molecule has 0 saturated carbocycles. The molecule has 0 spiro atoms. The average Bonchev–Trinajstić information content (AvgIpc) is 2.32. The predicted octanol–water partition coefficient (Wildman–Crippen LogP) is 4.39. The van der Waals surface area contributed by atoms with Crippen LogP contribution in [0.1, 0.15) is 5.56 Å². The van der Waals surface area contributed by atoms with Crippen molar-refractivity contribution in [3.05, 3.63) is 57.5 Å². The number of aromatic hydroxyl groups is 1. The van der Waals surface area contributed by atoms with Gasteiger partial charge in [-0.3, -0.25) is 0 Å². The van der Waals surface area contributed by atoms with E-state index in [0.717, 1.165) is 10.0 Å². The minimum Gasteiger partial charge on any atom is -0.508 e. The second kappa shape index (κ2) is 5.43. The number of ether oxygens (including phenoxy) is 1. The third-order valence-electron chi connectivity index (χ3n) is 2.22. The summed E-state index contributed by atoms with van der Waals surface area (Å²) in [7, 11) is 0. The third-order valence-corrected chi connectivity index (χ3v) is 3.03. The fourth-order valence-electron chi connectivity index (χ4n) is 1.34. The second-order valence-electron chi connectivity index (χ2n) is 3.53. The van der Waals surface area contributed by atoms with E-state index in [4.69, 9.17) is 21.4 Å². The van der Waals surface area contributed by atoms with Gasteiger partial charge in [0.1, 0.15) is 18.1 Å². The first-order chi connectivity index (χ1) is 8.15. The van der Waals surface area contributed by atoms with E-state index in [9.17, 15) is 0 Å². The maximum atomic E-state index is 9.15. The standard InChI is InChI=1S/C13H10BrClO2/c14-10-3-6-12(15)13(7-10)17-8-9-1-4-11(16)5-2-9/h1-7,16H,8H2. The molecule has 0 radical (unpaired) electrons. The van der Waals surface area contributed by atoms with Crippen LogP contribution in [0.2, 0.25) is 5.02 Å². The number of hydrogen-bond donors (Lipinski definition) is 1. The smallest absolute Gasteiger partial charge is 0.139 e. The van der Waals surface area contributed by atoms with Crippen molar-refractivity contribution in [1.82, 2.24) is 0 Å². The number of rotatable bonds is 3. The minimum absolute atomic E-state index is 0.245. The second-order valence-corrected chi connectivity index (χ2v) is 4.85. The molecule has 88 valence electrons. The number of benzene rings is 2. The van der Waals surface area contributed by atoms with E-state index in [1.807, 2.05) is 12.1 Å². The molecule has 2 aromatic carbocycles. The van der Waals surface area contributed by atoms with Gasteiger partial charge in [-0.15, -0.1) is 0 Å². The first kappa shape index (κ1) is 12.3. The Balaban J connectivity index is 2.07. The van der Waals surface area contributed by atoms with Gasteiger partial charge in [0, 0.05) is 4.47 Å². The van der Waals surface area contributed by atoms with Crippen LogP contribution in [0, 0.1) is 0 Å². The molecule has 4 heteroatoms. The first-order valence-corrected chi connectivity index (χ1v) is 6.18. The van der Waals surface area contributed by atoms with E-state index < -0.39 is 0 Å². The summed E-state index contributed by atoms with van der Waals surface area (Å²) < 4.78 is 6.52. The van der Waals surface area contributed by atoms with Crippen molar-refractivity contribution < 1.29 is 9.84 Å². The molecule has 17 heavy (non-hydrogen) atoms. The van der Waals surface area contributed by atoms with Gasteiger partial charge in [0.15, 0.2) is 0 Å². The number of phenolic OH excluding ortho intramolecular Hbond substituents is 1. The number of halogens is 2. The average molecular weight is 314 g/mol. The molecule has 0 unspecified atom stereocenters. The lowest BCUT2D eigenvalue weighted by molar-refractivity contribution is 0.306. The van der Waals surface area contributed by atoms with Gasteiger partial charge < -0.3 is 9.84 Å². The highest BCUT2D eigenvalue weighted by atomic mass is 79.9. The number of phenols is 1. The van der Waals surface area contributed by atoms with Gasteiger partial charge in [-0.1, -0.05) is 39.7 Å². The van der Waals surface area contributed by atoms with Crippen molar-refractivity contribution in [2.45, 2.75) is 6.61 Å². The molecular formula is C13H10BrClO2. The largest absolute Gasteiger partial charge is 0.508 e. The normalized spacial score (nSPS) is 10.2. The molecule has 0 fully saturated rings. The van der Waals surface area contributed by atoms with Crippen LogP contribution in [-0.4, -0.2) is 5.11 Å². The lowest BCUT2D eigenvalue weighted by atomic mass is 10.2. The Morgan fingerprint density at radius 3 is 2.53 bits per heavy atom. The van der Waals surface area contributed by atoms with Gasteiger partial charge in [-0.05, 0) is 35.9 Å². The SMILES string of the molecule is Oc1ccc(COc2cc(Br)ccc2Cl)cc1. The van der Waals surface area contributed by atoms with Crippen molar-refractivity contribution in [3.8, 4) is 11.5 Å². The fraction of sp³-hybridized carbons (Fsp3) is 0.0769. The maximum Gasteiger partial charge on any atom is 0.139 e. The zero-order chi connectivity index (χ0) is 12.3. The highest BCUT2D eigenvalue weighted by Crippen LogP contribution is 2.28. The molecule has 0 bridgehead atoms. The molecule has 0 saturated heterocycles. The molecule has 0 atom stereocenters. The summed E-state index contributed by atoms with van der Waals surface area (Å²) in [5.74, 6) is 0.878. The molecule has 2 rings (SSSR count). The van der Waals surface area contributed by atoms with Crippen molar-refractivity contribution in [3.63, 3.8) is 0 Å². The monoisotopic (exact) mass is 312 g/mol. The van der Waals surface area contributed by atoms with Crippen molar-refractivity contribution in [1.29, 1.82) is 0 Å². The maximum absolute atomic E-state index is 9.15. The van der Waals surface area contributed by atoms with E-state index in [-0.39, 0.29) is 5.75 Å². The highest BCUT2D eigenvalue weighted by Gasteiger charge is 2.02. The van der Waals surface area contributed by atoms with E-state index in [1.165, 1.54) is 0 Å². The lowest BCUT2D eigenvalue weighted by Crippen LogP contribution is -1.95. The van der Waals surface area contributed by atoms with Crippen LogP contribution in [0.5, 0.6) is 11.5 Å². The van der Waals surface area contributed by atoms with Crippen molar-refractivity contribution >= 4 is 27.5 Å². The first-order valence-electron chi connectivity index (χ1n) is 5.01. The van der Waals surface area contributed by atoms with Crippen LogP contribution in [0.4, 0.5) is 0 Å². The molecule has 0 amide bonds. The minimum atomic E-state index is 0.245. The van der Waals surface area contributed by atoms with E-state index in [0.29, 0.717) is 17.4 Å². The zero-order valence-electron chi connectivity index (χ0n) is 8.86. The Kier molecular flexibility index (Phi) is 3.92. The summed E-state index contributed by atoms with van der Waals surface area (Å²) in [6.07, 6.45) is 0. The van der Waals surface area contributed by atoms with Crippen molar-refractivity contribution in [2.24, 2.45) is 0 Å². The molecule has 2 nitrogen and oxygen atoms in total. The van der Waals surface area contributed by atoms with Crippen LogP contribution < -0.4 is 4.74 Å². The van der Waals surface area contributed by atoms with Crippen LogP contribution >= 0.6 is 27.5 Å². The van der Waals surface area contributed by atoms with E-state index >= 15 is 0 Å². The van der Waals surface area contributed by atoms with Crippen molar-refractivity contribution in [2.75, 3.05) is 0 Å². The Hall–Kier alpha value is -1.19. The van der Waals surface area contributed by atoms with Gasteiger partial charge in [0.05, 0.1) is 5.02 Å². The summed E-state index contributed by atoms with van der Waals surface area (Å²) in [6.45, 7) is 0.413. The summed E-state index contributed by atoms with van der Waals surface area (Å²) in [6, 6.07) is 12.3. The molecule has 0 aromatic heterocycles. The molecule has 0 aliphatic heterocycles. The summed E-state index contributed by atoms with van der Waals surface area (Å²) >= 11 is 9.36. The van der Waals surface area contributed by atoms with Gasteiger partial charge in [0.2, 0.25) is 0 Å². The topological polar surface area (TPSA) is 29.5 Å². The molecular weight excluding hydrogens is 303 g/mol. The predicted molar refractivity (Wildman–Crippen MR) is 71.6 cm³/mol.